The molecule has 8 fully saturated rings. The lowest BCUT2D eigenvalue weighted by Crippen LogP contribution is -2.58. The number of aliphatic hydroxyl groups is 2. The monoisotopic (exact) mass is 685 g/mol. The van der Waals surface area contributed by atoms with E-state index in [0.717, 1.165) is 12.8 Å². The van der Waals surface area contributed by atoms with Crippen molar-refractivity contribution < 1.29 is 53.3 Å². The van der Waals surface area contributed by atoms with E-state index in [1.807, 2.05) is 6.07 Å². The summed E-state index contributed by atoms with van der Waals surface area (Å²) in [6, 6.07) is 4.89. The molecular formula is C32H33F4O8S2-. The van der Waals surface area contributed by atoms with Crippen molar-refractivity contribution in [2.75, 3.05) is 0 Å². The maximum Gasteiger partial charge on any atom is 0.339 e. The summed E-state index contributed by atoms with van der Waals surface area (Å²) >= 11 is 0. The lowest BCUT2D eigenvalue weighted by atomic mass is 9.45. The first-order valence-electron chi connectivity index (χ1n) is 15.7. The highest BCUT2D eigenvalue weighted by Crippen LogP contribution is 2.65. The Morgan fingerprint density at radius 2 is 1.15 bits per heavy atom. The summed E-state index contributed by atoms with van der Waals surface area (Å²) in [6.07, 6.45) is 7.54. The molecule has 8 aliphatic rings. The van der Waals surface area contributed by atoms with Crippen molar-refractivity contribution in [3.05, 3.63) is 52.6 Å². The molecule has 0 aromatic heterocycles. The van der Waals surface area contributed by atoms with Gasteiger partial charge in [0.25, 0.3) is 0 Å². The van der Waals surface area contributed by atoms with Crippen molar-refractivity contribution in [2.24, 2.45) is 23.7 Å². The molecule has 0 radical (unpaired) electrons. The molecule has 0 amide bonds. The highest BCUT2D eigenvalue weighted by atomic mass is 32.2. The second-order valence-corrected chi connectivity index (χ2v) is 18.4. The molecule has 4 atom stereocenters. The van der Waals surface area contributed by atoms with Crippen LogP contribution in [0.15, 0.2) is 28.0 Å². The van der Waals surface area contributed by atoms with Crippen molar-refractivity contribution in [1.82, 2.24) is 0 Å². The zero-order chi connectivity index (χ0) is 32.8. The fourth-order valence-corrected chi connectivity index (χ4v) is 13.5. The van der Waals surface area contributed by atoms with E-state index in [9.17, 15) is 40.4 Å². The molecule has 8 aliphatic carbocycles. The van der Waals surface area contributed by atoms with E-state index in [4.69, 9.17) is 4.18 Å². The molecule has 4 unspecified atom stereocenters. The van der Waals surface area contributed by atoms with E-state index in [1.54, 1.807) is 6.07 Å². The molecule has 0 aliphatic heterocycles. The van der Waals surface area contributed by atoms with Crippen LogP contribution in [0.25, 0.3) is 0 Å². The van der Waals surface area contributed by atoms with Crippen LogP contribution < -0.4 is 4.18 Å². The van der Waals surface area contributed by atoms with Gasteiger partial charge < -0.3 is 18.9 Å². The van der Waals surface area contributed by atoms with Gasteiger partial charge in [-0.25, -0.2) is 17.2 Å². The molecule has 2 aromatic carbocycles. The van der Waals surface area contributed by atoms with Crippen molar-refractivity contribution in [1.29, 1.82) is 0 Å². The van der Waals surface area contributed by atoms with E-state index in [0.29, 0.717) is 63.4 Å². The fourth-order valence-electron chi connectivity index (χ4n) is 11.6. The van der Waals surface area contributed by atoms with Crippen LogP contribution in [-0.2, 0) is 31.1 Å². The summed E-state index contributed by atoms with van der Waals surface area (Å²) in [5.74, 6) is -11.5. The summed E-state index contributed by atoms with van der Waals surface area (Å²) < 4.78 is 126. The maximum absolute atomic E-state index is 15.0. The predicted octanol–water partition coefficient (Wildman–Crippen LogP) is 5.08. The van der Waals surface area contributed by atoms with Crippen LogP contribution in [0.2, 0.25) is 0 Å². The minimum atomic E-state index is -6.02. The van der Waals surface area contributed by atoms with Gasteiger partial charge in [0.05, 0.1) is 11.2 Å². The third-order valence-electron chi connectivity index (χ3n) is 12.1. The van der Waals surface area contributed by atoms with Crippen LogP contribution in [0, 0.1) is 46.9 Å². The Hall–Kier alpha value is -2.26. The summed E-state index contributed by atoms with van der Waals surface area (Å²) in [6.45, 7) is 0. The molecule has 2 aromatic rings. The molecule has 10 rings (SSSR count). The lowest BCUT2D eigenvalue weighted by molar-refractivity contribution is -0.138. The van der Waals surface area contributed by atoms with Gasteiger partial charge in [-0.1, -0.05) is 12.1 Å². The zero-order valence-corrected chi connectivity index (χ0v) is 26.3. The highest BCUT2D eigenvalue weighted by Gasteiger charge is 2.60. The lowest BCUT2D eigenvalue weighted by Gasteiger charge is -2.61. The second kappa shape index (κ2) is 9.46. The molecule has 8 nitrogen and oxygen atoms in total. The van der Waals surface area contributed by atoms with Crippen LogP contribution >= 0.6 is 0 Å². The standard InChI is InChI=1S/C32H34F4O8S2/c33-23-25(35)28(45(39,40)41)26(36)24(34)27(23)44-46(42,43)22-5-20(29-6-16-3-17(7-29)11-31(37,10-16)14-29)1-2-21(22)30-8-18-4-19(9-30)13-32(38,12-18)15-30/h1-2,5,16-19,37-38H,3-4,6-15H2,(H,39,40,41)/p-1. The van der Waals surface area contributed by atoms with E-state index < -0.39 is 81.1 Å². The Balaban J connectivity index is 1.29. The smallest absolute Gasteiger partial charge is 0.339 e. The first-order chi connectivity index (χ1) is 21.3. The van der Waals surface area contributed by atoms with E-state index in [-0.39, 0.29) is 35.7 Å². The van der Waals surface area contributed by atoms with Gasteiger partial charge in [-0.05, 0) is 129 Å². The Morgan fingerprint density at radius 1 is 0.696 bits per heavy atom. The van der Waals surface area contributed by atoms with Crippen LogP contribution in [-0.4, -0.2) is 42.8 Å². The summed E-state index contributed by atoms with van der Waals surface area (Å²) in [7, 11) is -11.3. The molecule has 8 saturated carbocycles. The topological polar surface area (TPSA) is 141 Å². The van der Waals surface area contributed by atoms with E-state index in [2.05, 4.69) is 0 Å². The Kier molecular flexibility index (Phi) is 6.38. The Bertz CT molecular complexity index is 1860. The molecule has 2 N–H and O–H groups in total. The number of hydrogen-bond acceptors (Lipinski definition) is 8. The van der Waals surface area contributed by atoms with Gasteiger partial charge in [0.1, 0.15) is 19.9 Å². The van der Waals surface area contributed by atoms with Gasteiger partial charge in [0.15, 0.2) is 11.6 Å². The average Bonchev–Trinajstić information content (AvgIpc) is 2.91. The predicted molar refractivity (Wildman–Crippen MR) is 151 cm³/mol. The molecule has 0 heterocycles. The summed E-state index contributed by atoms with van der Waals surface area (Å²) in [5.41, 5.74) is -2.44. The van der Waals surface area contributed by atoms with Gasteiger partial charge >= 0.3 is 10.1 Å². The largest absolute Gasteiger partial charge is 0.744 e. The average molecular weight is 686 g/mol. The molecule has 250 valence electrons. The second-order valence-electron chi connectivity index (χ2n) is 15.5. The van der Waals surface area contributed by atoms with Crippen LogP contribution in [0.4, 0.5) is 17.6 Å². The minimum absolute atomic E-state index is 0.125. The fraction of sp³-hybridized carbons (Fsp3) is 0.625. The van der Waals surface area contributed by atoms with Crippen molar-refractivity contribution in [3.63, 3.8) is 0 Å². The zero-order valence-electron chi connectivity index (χ0n) is 24.7. The summed E-state index contributed by atoms with van der Waals surface area (Å²) in [4.78, 5) is -2.88. The molecule has 0 saturated heterocycles. The van der Waals surface area contributed by atoms with Crippen LogP contribution in [0.3, 0.4) is 0 Å². The van der Waals surface area contributed by atoms with E-state index in [1.165, 1.54) is 6.07 Å². The van der Waals surface area contributed by atoms with E-state index >= 15 is 8.78 Å². The Morgan fingerprint density at radius 3 is 1.61 bits per heavy atom. The first-order valence-corrected chi connectivity index (χ1v) is 18.5. The van der Waals surface area contributed by atoms with Gasteiger partial charge in [-0.15, -0.1) is 0 Å². The third-order valence-corrected chi connectivity index (χ3v) is 14.2. The third kappa shape index (κ3) is 4.52. The molecular weight excluding hydrogens is 652 g/mol. The summed E-state index contributed by atoms with van der Waals surface area (Å²) in [5, 5.41) is 22.8. The molecule has 8 bridgehead atoms. The Labute approximate surface area is 264 Å². The van der Waals surface area contributed by atoms with Crippen LogP contribution in [0.5, 0.6) is 5.75 Å². The molecule has 14 heteroatoms. The van der Waals surface area contributed by atoms with Gasteiger partial charge in [-0.3, -0.25) is 0 Å². The van der Waals surface area contributed by atoms with Crippen molar-refractivity contribution >= 4 is 20.2 Å². The van der Waals surface area contributed by atoms with Crippen LogP contribution in [0.1, 0.15) is 88.2 Å². The number of rotatable bonds is 6. The molecule has 0 spiro atoms. The number of halogens is 4. The van der Waals surface area contributed by atoms with Gasteiger partial charge in [0, 0.05) is 0 Å². The number of benzene rings is 2. The minimum Gasteiger partial charge on any atom is -0.744 e. The first kappa shape index (κ1) is 31.0. The highest BCUT2D eigenvalue weighted by molar-refractivity contribution is 7.87. The molecule has 46 heavy (non-hydrogen) atoms. The maximum atomic E-state index is 15.0. The quantitative estimate of drug-likeness (QED) is 0.186. The van der Waals surface area contributed by atoms with Gasteiger partial charge in [-0.2, -0.15) is 17.2 Å². The normalized spacial score (nSPS) is 39.3. The van der Waals surface area contributed by atoms with Crippen molar-refractivity contribution in [2.45, 2.75) is 109 Å². The SMILES string of the molecule is O=S(=O)([O-])c1c(F)c(F)c(OS(=O)(=O)c2cc(C34CC5CC(CC(O)(C5)C3)C4)ccc2C23CC4CC(CC(O)(C4)C2)C3)c(F)c1F. The number of hydrogen-bond donors (Lipinski definition) is 2. The van der Waals surface area contributed by atoms with Crippen molar-refractivity contribution in [3.8, 4) is 5.75 Å². The van der Waals surface area contributed by atoms with Gasteiger partial charge in [0.2, 0.25) is 17.4 Å².